The average molecular weight is 315 g/mol. The van der Waals surface area contributed by atoms with Crippen LogP contribution in [0.25, 0.3) is 0 Å². The molecule has 1 aromatic carbocycles. The largest absolute Gasteiger partial charge is 0.495 e. The van der Waals surface area contributed by atoms with Crippen LogP contribution in [0, 0.1) is 0 Å². The Balaban J connectivity index is 3.10. The summed E-state index contributed by atoms with van der Waals surface area (Å²) in [7, 11) is -1.93. The molecule has 6 nitrogen and oxygen atoms in total. The van der Waals surface area contributed by atoms with Crippen molar-refractivity contribution < 1.29 is 22.7 Å². The molecule has 1 aromatic rings. The van der Waals surface area contributed by atoms with Crippen LogP contribution in [-0.4, -0.2) is 33.0 Å². The van der Waals surface area contributed by atoms with Gasteiger partial charge in [-0.3, -0.25) is 5.32 Å². The molecule has 1 amide bonds. The molecule has 0 spiro atoms. The molecular formula is C14H21NO5S. The molecule has 0 saturated heterocycles. The lowest BCUT2D eigenvalue weighted by molar-refractivity contribution is 0.0635. The van der Waals surface area contributed by atoms with E-state index in [-0.39, 0.29) is 16.3 Å². The molecule has 0 saturated carbocycles. The first-order chi connectivity index (χ1) is 9.59. The van der Waals surface area contributed by atoms with Crippen LogP contribution in [0.4, 0.5) is 10.5 Å². The number of ether oxygens (including phenoxy) is 2. The first-order valence-electron chi connectivity index (χ1n) is 6.50. The van der Waals surface area contributed by atoms with E-state index in [1.807, 2.05) is 0 Å². The van der Waals surface area contributed by atoms with Crippen molar-refractivity contribution in [3.63, 3.8) is 0 Å². The Morgan fingerprint density at radius 3 is 2.38 bits per heavy atom. The molecule has 0 aliphatic carbocycles. The predicted molar refractivity (Wildman–Crippen MR) is 80.6 cm³/mol. The standard InChI is InChI=1S/C14H21NO5S/c1-6-21(17,18)10-7-8-12(19-5)11(9-10)15-13(16)20-14(2,3)4/h7-9H,6H2,1-5H3,(H,15,16). The van der Waals surface area contributed by atoms with Crippen molar-refractivity contribution in [3.05, 3.63) is 18.2 Å². The summed E-state index contributed by atoms with van der Waals surface area (Å²) >= 11 is 0. The molecule has 0 aliphatic heterocycles. The molecule has 0 aromatic heterocycles. The number of nitrogens with one attached hydrogen (secondary N) is 1. The summed E-state index contributed by atoms with van der Waals surface area (Å²) in [6.07, 6.45) is -0.674. The Morgan fingerprint density at radius 1 is 1.29 bits per heavy atom. The van der Waals surface area contributed by atoms with E-state index < -0.39 is 21.5 Å². The lowest BCUT2D eigenvalue weighted by atomic mass is 10.2. The number of sulfone groups is 1. The second kappa shape index (κ2) is 6.34. The van der Waals surface area contributed by atoms with Crippen LogP contribution >= 0.6 is 0 Å². The van der Waals surface area contributed by atoms with Gasteiger partial charge in [0.1, 0.15) is 11.4 Å². The van der Waals surface area contributed by atoms with Crippen molar-refractivity contribution in [2.75, 3.05) is 18.2 Å². The van der Waals surface area contributed by atoms with Crippen molar-refractivity contribution in [2.24, 2.45) is 0 Å². The van der Waals surface area contributed by atoms with Crippen LogP contribution in [0.15, 0.2) is 23.1 Å². The predicted octanol–water partition coefficient (Wildman–Crippen LogP) is 2.84. The van der Waals surface area contributed by atoms with Gasteiger partial charge in [0, 0.05) is 0 Å². The topological polar surface area (TPSA) is 81.7 Å². The SMILES string of the molecule is CCS(=O)(=O)c1ccc(OC)c(NC(=O)OC(C)(C)C)c1. The zero-order valence-electron chi connectivity index (χ0n) is 12.9. The number of rotatable bonds is 4. The van der Waals surface area contributed by atoms with Gasteiger partial charge in [-0.15, -0.1) is 0 Å². The fourth-order valence-electron chi connectivity index (χ4n) is 1.56. The average Bonchev–Trinajstić information content (AvgIpc) is 2.36. The van der Waals surface area contributed by atoms with Crippen LogP contribution in [0.2, 0.25) is 0 Å². The highest BCUT2D eigenvalue weighted by Crippen LogP contribution is 2.28. The van der Waals surface area contributed by atoms with Crippen LogP contribution in [0.1, 0.15) is 27.7 Å². The molecule has 21 heavy (non-hydrogen) atoms. The summed E-state index contributed by atoms with van der Waals surface area (Å²) in [5.74, 6) is 0.335. The van der Waals surface area contributed by atoms with Gasteiger partial charge in [-0.1, -0.05) is 6.92 Å². The molecule has 0 aliphatic rings. The number of methoxy groups -OCH3 is 1. The van der Waals surface area contributed by atoms with Gasteiger partial charge in [-0.25, -0.2) is 13.2 Å². The highest BCUT2D eigenvalue weighted by molar-refractivity contribution is 7.91. The molecule has 0 bridgehead atoms. The number of benzene rings is 1. The monoisotopic (exact) mass is 315 g/mol. The number of carbonyl (C=O) groups excluding carboxylic acids is 1. The molecule has 0 unspecified atom stereocenters. The first-order valence-corrected chi connectivity index (χ1v) is 8.15. The summed E-state index contributed by atoms with van der Waals surface area (Å²) in [6, 6.07) is 4.30. The van der Waals surface area contributed by atoms with Gasteiger partial charge >= 0.3 is 6.09 Å². The maximum absolute atomic E-state index is 11.9. The van der Waals surface area contributed by atoms with E-state index in [1.54, 1.807) is 27.7 Å². The Morgan fingerprint density at radius 2 is 1.90 bits per heavy atom. The van der Waals surface area contributed by atoms with Crippen molar-refractivity contribution in [3.8, 4) is 5.75 Å². The zero-order chi connectivity index (χ0) is 16.3. The second-order valence-corrected chi connectivity index (χ2v) is 7.67. The minimum Gasteiger partial charge on any atom is -0.495 e. The zero-order valence-corrected chi connectivity index (χ0v) is 13.7. The molecule has 7 heteroatoms. The van der Waals surface area contributed by atoms with E-state index >= 15 is 0 Å². The van der Waals surface area contributed by atoms with Crippen LogP contribution < -0.4 is 10.1 Å². The lowest BCUT2D eigenvalue weighted by Crippen LogP contribution is -2.27. The quantitative estimate of drug-likeness (QED) is 0.924. The highest BCUT2D eigenvalue weighted by atomic mass is 32.2. The Hall–Kier alpha value is -1.76. The minimum absolute atomic E-state index is 0.0226. The Bertz CT molecular complexity index is 617. The molecule has 0 heterocycles. The fraction of sp³-hybridized carbons (Fsp3) is 0.500. The highest BCUT2D eigenvalue weighted by Gasteiger charge is 2.19. The van der Waals surface area contributed by atoms with E-state index in [2.05, 4.69) is 5.32 Å². The summed E-state index contributed by atoms with van der Waals surface area (Å²) in [5.41, 5.74) is -0.397. The molecule has 0 radical (unpaired) electrons. The molecule has 1 rings (SSSR count). The normalized spacial score (nSPS) is 11.9. The molecule has 0 fully saturated rings. The van der Waals surface area contributed by atoms with Gasteiger partial charge in [0.05, 0.1) is 23.4 Å². The van der Waals surface area contributed by atoms with E-state index in [0.717, 1.165) is 0 Å². The lowest BCUT2D eigenvalue weighted by Gasteiger charge is -2.20. The van der Waals surface area contributed by atoms with Crippen LogP contribution in [-0.2, 0) is 14.6 Å². The molecular weight excluding hydrogens is 294 g/mol. The molecule has 1 N–H and O–H groups in total. The Kier molecular flexibility index (Phi) is 5.22. The van der Waals surface area contributed by atoms with Crippen molar-refractivity contribution in [1.29, 1.82) is 0 Å². The van der Waals surface area contributed by atoms with Crippen LogP contribution in [0.5, 0.6) is 5.75 Å². The van der Waals surface area contributed by atoms with Gasteiger partial charge < -0.3 is 9.47 Å². The smallest absolute Gasteiger partial charge is 0.412 e. The number of hydrogen-bond donors (Lipinski definition) is 1. The van der Waals surface area contributed by atoms with E-state index in [0.29, 0.717) is 5.75 Å². The van der Waals surface area contributed by atoms with Gasteiger partial charge in [0.25, 0.3) is 0 Å². The summed E-state index contributed by atoms with van der Waals surface area (Å²) in [6.45, 7) is 6.77. The third-order valence-electron chi connectivity index (χ3n) is 2.55. The first kappa shape index (κ1) is 17.3. The third-order valence-corrected chi connectivity index (χ3v) is 4.28. The molecule has 118 valence electrons. The van der Waals surface area contributed by atoms with Crippen molar-refractivity contribution in [1.82, 2.24) is 0 Å². The number of amides is 1. The number of carbonyl (C=O) groups is 1. The maximum Gasteiger partial charge on any atom is 0.412 e. The number of hydrogen-bond acceptors (Lipinski definition) is 5. The summed E-state index contributed by atoms with van der Waals surface area (Å²) in [4.78, 5) is 11.9. The van der Waals surface area contributed by atoms with Gasteiger partial charge in [-0.05, 0) is 39.0 Å². The van der Waals surface area contributed by atoms with E-state index in [1.165, 1.54) is 25.3 Å². The second-order valence-electron chi connectivity index (χ2n) is 5.39. The number of anilines is 1. The van der Waals surface area contributed by atoms with Crippen molar-refractivity contribution >= 4 is 21.6 Å². The van der Waals surface area contributed by atoms with Gasteiger partial charge in [-0.2, -0.15) is 0 Å². The minimum atomic E-state index is -3.36. The summed E-state index contributed by atoms with van der Waals surface area (Å²) in [5, 5.41) is 2.50. The summed E-state index contributed by atoms with van der Waals surface area (Å²) < 4.78 is 34.0. The van der Waals surface area contributed by atoms with Gasteiger partial charge in [0.15, 0.2) is 9.84 Å². The van der Waals surface area contributed by atoms with Crippen LogP contribution in [0.3, 0.4) is 0 Å². The Labute approximate surface area is 125 Å². The maximum atomic E-state index is 11.9. The third kappa shape index (κ3) is 4.93. The van der Waals surface area contributed by atoms with E-state index in [9.17, 15) is 13.2 Å². The van der Waals surface area contributed by atoms with Gasteiger partial charge in [0.2, 0.25) is 0 Å². The van der Waals surface area contributed by atoms with E-state index in [4.69, 9.17) is 9.47 Å². The fourth-order valence-corrected chi connectivity index (χ4v) is 2.46. The van der Waals surface area contributed by atoms with Crippen molar-refractivity contribution in [2.45, 2.75) is 38.2 Å². The molecule has 0 atom stereocenters.